The molecule has 0 aliphatic rings. The maximum absolute atomic E-state index is 14.2. The number of rotatable bonds is 13. The number of carbonyl (C=O) groups excluding carboxylic acids is 1. The fourth-order valence-corrected chi connectivity index (χ4v) is 6.05. The first-order valence-corrected chi connectivity index (χ1v) is 15.2. The van der Waals surface area contributed by atoms with Crippen LogP contribution in [-0.2, 0) is 36.5 Å². The van der Waals surface area contributed by atoms with Crippen LogP contribution >= 0.6 is 7.75 Å². The van der Waals surface area contributed by atoms with Crippen molar-refractivity contribution in [2.75, 3.05) is 12.3 Å². The van der Waals surface area contributed by atoms with Gasteiger partial charge in [0.1, 0.15) is 29.7 Å². The summed E-state index contributed by atoms with van der Waals surface area (Å²) in [6.45, 7) is 11.6. The number of benzene rings is 2. The number of carbonyl (C=O) groups is 1. The Morgan fingerprint density at radius 1 is 1.07 bits per heavy atom. The molecule has 3 N–H and O–H groups in total. The number of imidazole rings is 1. The van der Waals surface area contributed by atoms with Gasteiger partial charge in [-0.3, -0.25) is 9.32 Å². The molecule has 0 amide bonds. The van der Waals surface area contributed by atoms with Crippen LogP contribution in [0.15, 0.2) is 48.5 Å². The molecule has 220 valence electrons. The number of hydrogen-bond donors (Lipinski definition) is 2. The van der Waals surface area contributed by atoms with Crippen molar-refractivity contribution in [1.82, 2.24) is 19.6 Å². The fraction of sp³-hybridized carbons (Fsp3) is 0.414. The number of nitrogens with zero attached hydrogens (tertiary/aromatic N) is 3. The molecule has 2 aromatic carbocycles. The van der Waals surface area contributed by atoms with Gasteiger partial charge in [-0.25, -0.2) is 14.5 Å². The summed E-state index contributed by atoms with van der Waals surface area (Å²) in [4.78, 5) is 21.8. The Hall–Kier alpha value is -3.50. The Morgan fingerprint density at radius 3 is 2.46 bits per heavy atom. The molecule has 0 unspecified atom stereocenters. The van der Waals surface area contributed by atoms with Crippen LogP contribution in [0.2, 0.25) is 0 Å². The Kier molecular flexibility index (Phi) is 9.65. The molecule has 0 radical (unpaired) electrons. The third kappa shape index (κ3) is 7.42. The van der Waals surface area contributed by atoms with Crippen LogP contribution < -0.4 is 15.3 Å². The number of ether oxygens (including phenoxy) is 2. The first-order valence-electron chi connectivity index (χ1n) is 13.6. The minimum absolute atomic E-state index is 0.236. The van der Waals surface area contributed by atoms with E-state index in [4.69, 9.17) is 29.2 Å². The van der Waals surface area contributed by atoms with Crippen LogP contribution in [0.3, 0.4) is 0 Å². The van der Waals surface area contributed by atoms with E-state index >= 15 is 0 Å². The number of nitrogen functional groups attached to an aromatic ring is 1. The topological polar surface area (TPSA) is 140 Å². The lowest BCUT2D eigenvalue weighted by Gasteiger charge is -2.26. The van der Waals surface area contributed by atoms with Gasteiger partial charge in [0.2, 0.25) is 0 Å². The van der Waals surface area contributed by atoms with Crippen molar-refractivity contribution in [3.8, 4) is 5.75 Å². The van der Waals surface area contributed by atoms with Gasteiger partial charge in [0, 0.05) is 12.0 Å². The lowest BCUT2D eigenvalue weighted by atomic mass is 10.2. The summed E-state index contributed by atoms with van der Waals surface area (Å²) in [6.07, 6.45) is -1.00. The Bertz CT molecular complexity index is 1560. The highest BCUT2D eigenvalue weighted by atomic mass is 31.2. The number of anilines is 1. The molecule has 2 aromatic heterocycles. The highest BCUT2D eigenvalue weighted by Gasteiger charge is 2.35. The molecule has 0 aliphatic carbocycles. The average molecular weight is 584 g/mol. The quantitative estimate of drug-likeness (QED) is 0.152. The van der Waals surface area contributed by atoms with E-state index in [9.17, 15) is 9.36 Å². The van der Waals surface area contributed by atoms with E-state index in [1.807, 2.05) is 54.8 Å². The standard InChI is InChI=1S/C29H38N5O6P/c1-7-37-17-25-32-26-27(23-10-8-9-11-24(23)31-28(26)30)34(25)16-20(5)39-41(36,33-21(6)29(35)38-18(2)3)40-22-14-12-19(4)13-15-22/h8-15,18,20-21H,7,16-17H2,1-6H3,(H2,30,31)(H,33,36)/t20-,21+,41+/m1/s1. The lowest BCUT2D eigenvalue weighted by Crippen LogP contribution is -2.37. The third-order valence-corrected chi connectivity index (χ3v) is 7.98. The number of aryl methyl sites for hydroxylation is 1. The van der Waals surface area contributed by atoms with Crippen molar-refractivity contribution in [2.24, 2.45) is 0 Å². The minimum Gasteiger partial charge on any atom is -0.462 e. The zero-order valence-electron chi connectivity index (χ0n) is 24.3. The van der Waals surface area contributed by atoms with E-state index in [2.05, 4.69) is 10.1 Å². The molecule has 41 heavy (non-hydrogen) atoms. The second kappa shape index (κ2) is 13.0. The minimum atomic E-state index is -4.09. The first-order chi connectivity index (χ1) is 19.5. The van der Waals surface area contributed by atoms with Gasteiger partial charge >= 0.3 is 13.7 Å². The Morgan fingerprint density at radius 2 is 1.78 bits per heavy atom. The van der Waals surface area contributed by atoms with Gasteiger partial charge in [-0.1, -0.05) is 35.9 Å². The molecule has 4 aromatic rings. The second-order valence-corrected chi connectivity index (χ2v) is 11.8. The van der Waals surface area contributed by atoms with E-state index in [0.717, 1.165) is 22.0 Å². The molecule has 3 atom stereocenters. The summed E-state index contributed by atoms with van der Waals surface area (Å²) in [5.74, 6) is 0.686. The molecule has 4 rings (SSSR count). The molecule has 0 aliphatic heterocycles. The molecule has 0 saturated heterocycles. The molecule has 0 fully saturated rings. The summed E-state index contributed by atoms with van der Waals surface area (Å²) >= 11 is 0. The normalized spacial score (nSPS) is 14.7. The molecule has 11 nitrogen and oxygen atoms in total. The zero-order valence-corrected chi connectivity index (χ0v) is 25.2. The van der Waals surface area contributed by atoms with Gasteiger partial charge in [-0.05, 0) is 59.7 Å². The predicted octanol–water partition coefficient (Wildman–Crippen LogP) is 5.53. The van der Waals surface area contributed by atoms with Crippen molar-refractivity contribution >= 4 is 41.5 Å². The monoisotopic (exact) mass is 583 g/mol. The van der Waals surface area contributed by atoms with E-state index in [1.165, 1.54) is 0 Å². The van der Waals surface area contributed by atoms with Crippen LogP contribution in [0.4, 0.5) is 5.82 Å². The van der Waals surface area contributed by atoms with Crippen molar-refractivity contribution in [1.29, 1.82) is 0 Å². The Labute approximate surface area is 239 Å². The molecule has 2 heterocycles. The van der Waals surface area contributed by atoms with Gasteiger partial charge in [0.15, 0.2) is 5.82 Å². The van der Waals surface area contributed by atoms with Crippen molar-refractivity contribution < 1.29 is 27.9 Å². The van der Waals surface area contributed by atoms with Crippen LogP contribution in [0.5, 0.6) is 5.75 Å². The zero-order chi connectivity index (χ0) is 29.7. The number of para-hydroxylation sites is 1. The fourth-order valence-electron chi connectivity index (χ4n) is 4.37. The molecule has 0 spiro atoms. The van der Waals surface area contributed by atoms with Crippen molar-refractivity contribution in [3.63, 3.8) is 0 Å². The van der Waals surface area contributed by atoms with Gasteiger partial charge < -0.3 is 24.3 Å². The van der Waals surface area contributed by atoms with Crippen LogP contribution in [0.25, 0.3) is 21.9 Å². The number of esters is 1. The smallest absolute Gasteiger partial charge is 0.459 e. The molecule has 0 bridgehead atoms. The van der Waals surface area contributed by atoms with Crippen LogP contribution in [0, 0.1) is 6.92 Å². The molecule has 0 saturated carbocycles. The van der Waals surface area contributed by atoms with Gasteiger partial charge in [0.05, 0.1) is 29.8 Å². The summed E-state index contributed by atoms with van der Waals surface area (Å²) < 4.78 is 39.1. The summed E-state index contributed by atoms with van der Waals surface area (Å²) in [7, 11) is -4.09. The first kappa shape index (κ1) is 30.5. The average Bonchev–Trinajstić information content (AvgIpc) is 3.26. The maximum Gasteiger partial charge on any atom is 0.459 e. The van der Waals surface area contributed by atoms with Crippen molar-refractivity contribution in [3.05, 3.63) is 59.9 Å². The predicted molar refractivity (Wildman–Crippen MR) is 159 cm³/mol. The number of pyridine rings is 1. The van der Waals surface area contributed by atoms with Crippen LogP contribution in [0.1, 0.15) is 46.0 Å². The molecule has 12 heteroatoms. The van der Waals surface area contributed by atoms with Gasteiger partial charge in [0.25, 0.3) is 0 Å². The SMILES string of the molecule is CCOCc1nc2c(N)nc3ccccc3c2n1C[C@@H](C)O[P@@](=O)(N[C@@H](C)C(=O)OC(C)C)Oc1ccc(C)cc1. The number of hydrogen-bond acceptors (Lipinski definition) is 9. The summed E-state index contributed by atoms with van der Waals surface area (Å²) in [5.41, 5.74) is 9.36. The largest absolute Gasteiger partial charge is 0.462 e. The lowest BCUT2D eigenvalue weighted by molar-refractivity contribution is -0.149. The van der Waals surface area contributed by atoms with E-state index < -0.39 is 25.9 Å². The van der Waals surface area contributed by atoms with Gasteiger partial charge in [-0.2, -0.15) is 5.09 Å². The maximum atomic E-state index is 14.2. The van der Waals surface area contributed by atoms with Gasteiger partial charge in [-0.15, -0.1) is 0 Å². The van der Waals surface area contributed by atoms with E-state index in [1.54, 1.807) is 39.8 Å². The molecular formula is C29H38N5O6P. The molecular weight excluding hydrogens is 545 g/mol. The van der Waals surface area contributed by atoms with Crippen LogP contribution in [-0.4, -0.2) is 45.4 Å². The second-order valence-electron chi connectivity index (χ2n) is 10.1. The van der Waals surface area contributed by atoms with E-state index in [-0.39, 0.29) is 19.3 Å². The van der Waals surface area contributed by atoms with Crippen molar-refractivity contribution in [2.45, 2.75) is 72.9 Å². The summed E-state index contributed by atoms with van der Waals surface area (Å²) in [6, 6.07) is 13.7. The Balaban J connectivity index is 1.68. The summed E-state index contributed by atoms with van der Waals surface area (Å²) in [5, 5.41) is 3.62. The third-order valence-electron chi connectivity index (χ3n) is 6.19. The number of aromatic nitrogens is 3. The highest BCUT2D eigenvalue weighted by molar-refractivity contribution is 7.52. The van der Waals surface area contributed by atoms with E-state index in [0.29, 0.717) is 29.5 Å². The highest BCUT2D eigenvalue weighted by Crippen LogP contribution is 2.46. The number of nitrogens with one attached hydrogen (secondary N) is 1. The number of fused-ring (bicyclic) bond motifs is 3. The number of nitrogens with two attached hydrogens (primary N) is 1.